The summed E-state index contributed by atoms with van der Waals surface area (Å²) in [6.07, 6.45) is 0. The summed E-state index contributed by atoms with van der Waals surface area (Å²) in [6, 6.07) is 9.10. The van der Waals surface area contributed by atoms with Crippen LogP contribution in [-0.4, -0.2) is 0 Å². The molecular weight excluding hydrogens is 251 g/mol. The van der Waals surface area contributed by atoms with E-state index < -0.39 is 0 Å². The highest BCUT2D eigenvalue weighted by Gasteiger charge is 2.06. The Kier molecular flexibility index (Phi) is 3.79. The van der Waals surface area contributed by atoms with Crippen molar-refractivity contribution in [2.75, 3.05) is 11.1 Å². The Hall–Kier alpha value is -2.29. The third kappa shape index (κ3) is 2.82. The molecule has 0 aliphatic carbocycles. The van der Waals surface area contributed by atoms with Gasteiger partial charge in [-0.3, -0.25) is 0 Å². The largest absolute Gasteiger partial charge is 0.399 e. The average Bonchev–Trinajstić information content (AvgIpc) is 2.39. The Morgan fingerprint density at radius 2 is 1.80 bits per heavy atom. The molecule has 3 N–H and O–H groups in total. The maximum atomic E-state index is 13.7. The van der Waals surface area contributed by atoms with Crippen LogP contribution < -0.4 is 11.1 Å². The first-order valence-electron chi connectivity index (χ1n) is 6.47. The molecule has 0 radical (unpaired) electrons. The summed E-state index contributed by atoms with van der Waals surface area (Å²) in [4.78, 5) is 0. The summed E-state index contributed by atoms with van der Waals surface area (Å²) in [5, 5.41) is 3.14. The smallest absolute Gasteiger partial charge is 0.128 e. The summed E-state index contributed by atoms with van der Waals surface area (Å²) in [5.74, 6) is -0.214. The number of hydrogen-bond donors (Lipinski definition) is 2. The summed E-state index contributed by atoms with van der Waals surface area (Å²) in [6.45, 7) is 9.60. The van der Waals surface area contributed by atoms with Crippen LogP contribution in [0.25, 0.3) is 5.70 Å². The molecule has 104 valence electrons. The Morgan fingerprint density at radius 1 is 1.10 bits per heavy atom. The lowest BCUT2D eigenvalue weighted by Gasteiger charge is -2.13. The molecule has 0 aromatic heterocycles. The summed E-state index contributed by atoms with van der Waals surface area (Å²) >= 11 is 0. The minimum absolute atomic E-state index is 0.214. The average molecular weight is 270 g/mol. The van der Waals surface area contributed by atoms with Gasteiger partial charge in [0.15, 0.2) is 0 Å². The van der Waals surface area contributed by atoms with Crippen LogP contribution in [0, 0.1) is 26.6 Å². The highest BCUT2D eigenvalue weighted by molar-refractivity contribution is 5.76. The van der Waals surface area contributed by atoms with E-state index in [0.717, 1.165) is 28.1 Å². The van der Waals surface area contributed by atoms with E-state index in [1.807, 2.05) is 38.1 Å². The second-order valence-corrected chi connectivity index (χ2v) is 5.07. The Morgan fingerprint density at radius 3 is 2.40 bits per heavy atom. The first kappa shape index (κ1) is 14.1. The van der Waals surface area contributed by atoms with Gasteiger partial charge in [0, 0.05) is 17.1 Å². The van der Waals surface area contributed by atoms with E-state index in [-0.39, 0.29) is 5.82 Å². The molecule has 2 nitrogen and oxygen atoms in total. The van der Waals surface area contributed by atoms with E-state index in [2.05, 4.69) is 11.9 Å². The molecule has 0 aliphatic rings. The SMILES string of the molecule is C=C(Nc1cc(C)c(C)c(F)c1)c1ccc(N)c(C)c1. The van der Waals surface area contributed by atoms with Crippen LogP contribution in [0.2, 0.25) is 0 Å². The second-order valence-electron chi connectivity index (χ2n) is 5.07. The van der Waals surface area contributed by atoms with E-state index in [4.69, 9.17) is 5.73 Å². The lowest BCUT2D eigenvalue weighted by atomic mass is 10.1. The van der Waals surface area contributed by atoms with Crippen LogP contribution in [0.3, 0.4) is 0 Å². The molecule has 0 heterocycles. The molecule has 0 bridgehead atoms. The fourth-order valence-electron chi connectivity index (χ4n) is 2.00. The van der Waals surface area contributed by atoms with Crippen molar-refractivity contribution in [1.82, 2.24) is 0 Å². The Balaban J connectivity index is 2.25. The summed E-state index contributed by atoms with van der Waals surface area (Å²) in [5.41, 5.74) is 11.5. The van der Waals surface area contributed by atoms with Crippen molar-refractivity contribution < 1.29 is 4.39 Å². The Bertz CT molecular complexity index is 652. The number of nitrogens with one attached hydrogen (secondary N) is 1. The summed E-state index contributed by atoms with van der Waals surface area (Å²) < 4.78 is 13.7. The molecule has 0 saturated heterocycles. The zero-order valence-electron chi connectivity index (χ0n) is 12.0. The molecule has 0 spiro atoms. The van der Waals surface area contributed by atoms with Crippen molar-refractivity contribution in [3.05, 3.63) is 65.0 Å². The number of hydrogen-bond acceptors (Lipinski definition) is 2. The molecular formula is C17H19FN2. The minimum Gasteiger partial charge on any atom is -0.399 e. The molecule has 0 aliphatic heterocycles. The molecule has 2 aromatic rings. The quantitative estimate of drug-likeness (QED) is 0.810. The second kappa shape index (κ2) is 5.37. The first-order chi connectivity index (χ1) is 9.38. The van der Waals surface area contributed by atoms with Gasteiger partial charge in [0.05, 0.1) is 0 Å². The normalized spacial score (nSPS) is 10.4. The van der Waals surface area contributed by atoms with Crippen LogP contribution in [-0.2, 0) is 0 Å². The van der Waals surface area contributed by atoms with Crippen LogP contribution in [0.5, 0.6) is 0 Å². The van der Waals surface area contributed by atoms with Gasteiger partial charge in [-0.15, -0.1) is 0 Å². The fourth-order valence-corrected chi connectivity index (χ4v) is 2.00. The topological polar surface area (TPSA) is 38.0 Å². The van der Waals surface area contributed by atoms with E-state index in [1.165, 1.54) is 6.07 Å². The molecule has 3 heteroatoms. The molecule has 0 fully saturated rings. The lowest BCUT2D eigenvalue weighted by molar-refractivity contribution is 0.617. The molecule has 0 saturated carbocycles. The van der Waals surface area contributed by atoms with Crippen LogP contribution >= 0.6 is 0 Å². The van der Waals surface area contributed by atoms with Gasteiger partial charge in [0.25, 0.3) is 0 Å². The van der Waals surface area contributed by atoms with Crippen molar-refractivity contribution in [3.63, 3.8) is 0 Å². The van der Waals surface area contributed by atoms with E-state index in [0.29, 0.717) is 11.3 Å². The maximum Gasteiger partial charge on any atom is 0.128 e. The monoisotopic (exact) mass is 270 g/mol. The number of rotatable bonds is 3. The van der Waals surface area contributed by atoms with Crippen molar-refractivity contribution in [2.24, 2.45) is 0 Å². The highest BCUT2D eigenvalue weighted by Crippen LogP contribution is 2.23. The third-order valence-electron chi connectivity index (χ3n) is 3.52. The molecule has 0 atom stereocenters. The van der Waals surface area contributed by atoms with Gasteiger partial charge in [-0.25, -0.2) is 4.39 Å². The lowest BCUT2D eigenvalue weighted by Crippen LogP contribution is -2.00. The predicted octanol–water partition coefficient (Wildman–Crippen LogP) is 4.42. The van der Waals surface area contributed by atoms with Gasteiger partial charge in [-0.1, -0.05) is 12.6 Å². The van der Waals surface area contributed by atoms with Crippen LogP contribution in [0.1, 0.15) is 22.3 Å². The number of nitrogen functional groups attached to an aromatic ring is 1. The minimum atomic E-state index is -0.214. The van der Waals surface area contributed by atoms with Crippen molar-refractivity contribution in [1.29, 1.82) is 0 Å². The number of nitrogens with two attached hydrogens (primary N) is 1. The Labute approximate surface area is 119 Å². The van der Waals surface area contributed by atoms with E-state index in [1.54, 1.807) is 6.92 Å². The first-order valence-corrected chi connectivity index (χ1v) is 6.47. The van der Waals surface area contributed by atoms with E-state index >= 15 is 0 Å². The van der Waals surface area contributed by atoms with Gasteiger partial charge >= 0.3 is 0 Å². The number of benzene rings is 2. The van der Waals surface area contributed by atoms with Gasteiger partial charge in [0.2, 0.25) is 0 Å². The standard InChI is InChI=1S/C17H19FN2/c1-10-8-15(9-16(18)12(10)3)20-13(4)14-5-6-17(19)11(2)7-14/h5-9,20H,4,19H2,1-3H3. The zero-order valence-corrected chi connectivity index (χ0v) is 12.0. The molecule has 2 aromatic carbocycles. The number of anilines is 2. The zero-order chi connectivity index (χ0) is 14.9. The number of halogens is 1. The predicted molar refractivity (Wildman–Crippen MR) is 84.1 cm³/mol. The van der Waals surface area contributed by atoms with Crippen molar-refractivity contribution in [2.45, 2.75) is 20.8 Å². The van der Waals surface area contributed by atoms with Gasteiger partial charge in [-0.05, 0) is 67.3 Å². The van der Waals surface area contributed by atoms with Crippen molar-refractivity contribution in [3.8, 4) is 0 Å². The fraction of sp³-hybridized carbons (Fsp3) is 0.176. The molecule has 0 amide bonds. The number of aryl methyl sites for hydroxylation is 2. The molecule has 0 unspecified atom stereocenters. The van der Waals surface area contributed by atoms with Gasteiger partial charge in [0.1, 0.15) is 5.82 Å². The molecule has 2 rings (SSSR count). The maximum absolute atomic E-state index is 13.7. The van der Waals surface area contributed by atoms with Crippen LogP contribution in [0.4, 0.5) is 15.8 Å². The highest BCUT2D eigenvalue weighted by atomic mass is 19.1. The van der Waals surface area contributed by atoms with Crippen molar-refractivity contribution >= 4 is 17.1 Å². The summed E-state index contributed by atoms with van der Waals surface area (Å²) in [7, 11) is 0. The third-order valence-corrected chi connectivity index (χ3v) is 3.52. The van der Waals surface area contributed by atoms with Gasteiger partial charge in [-0.2, -0.15) is 0 Å². The van der Waals surface area contributed by atoms with Gasteiger partial charge < -0.3 is 11.1 Å². The van der Waals surface area contributed by atoms with Crippen LogP contribution in [0.15, 0.2) is 36.9 Å². The van der Waals surface area contributed by atoms with E-state index in [9.17, 15) is 4.39 Å². The molecule has 20 heavy (non-hydrogen) atoms.